The third-order valence-corrected chi connectivity index (χ3v) is 5.23. The second kappa shape index (κ2) is 9.65. The molecular weight excluding hydrogens is 428 g/mol. The molecule has 11 heteroatoms. The number of benzene rings is 2. The summed E-state index contributed by atoms with van der Waals surface area (Å²) in [7, 11) is 0. The molecule has 0 aliphatic carbocycles. The number of hydrogen-bond donors (Lipinski definition) is 1. The first-order valence-corrected chi connectivity index (χ1v) is 10.5. The van der Waals surface area contributed by atoms with Crippen molar-refractivity contribution in [1.29, 1.82) is 0 Å². The largest absolute Gasteiger partial charge is 0.492 e. The number of nitrogens with one attached hydrogen (secondary N) is 1. The van der Waals surface area contributed by atoms with E-state index in [4.69, 9.17) is 9.47 Å². The van der Waals surface area contributed by atoms with Crippen molar-refractivity contribution < 1.29 is 23.0 Å². The molecule has 0 atom stereocenters. The molecule has 2 amide bonds. The van der Waals surface area contributed by atoms with E-state index in [1.165, 1.54) is 22.8 Å². The molecule has 31 heavy (non-hydrogen) atoms. The molecule has 2 aromatic carbocycles. The van der Waals surface area contributed by atoms with Crippen LogP contribution >= 0.6 is 11.8 Å². The van der Waals surface area contributed by atoms with E-state index in [-0.39, 0.29) is 18.4 Å². The molecule has 8 nitrogen and oxygen atoms in total. The first-order chi connectivity index (χ1) is 15.1. The van der Waals surface area contributed by atoms with Crippen LogP contribution in [-0.4, -0.2) is 46.4 Å². The van der Waals surface area contributed by atoms with Crippen LogP contribution in [0.3, 0.4) is 0 Å². The second-order valence-corrected chi connectivity index (χ2v) is 7.50. The maximum Gasteiger partial charge on any atom is 0.336 e. The molecular formula is C20H19F2N5O3S. The van der Waals surface area contributed by atoms with Crippen LogP contribution in [0.25, 0.3) is 0 Å². The lowest BCUT2D eigenvalue weighted by atomic mass is 10.3. The zero-order valence-corrected chi connectivity index (χ0v) is 17.1. The van der Waals surface area contributed by atoms with Gasteiger partial charge in [-0.25, -0.2) is 23.3 Å². The molecule has 162 valence electrons. The number of carbonyl (C=O) groups excluding carboxylic acids is 1. The van der Waals surface area contributed by atoms with Crippen LogP contribution in [-0.2, 0) is 6.61 Å². The molecule has 1 aliphatic heterocycles. The molecule has 0 saturated heterocycles. The Kier molecular flexibility index (Phi) is 6.51. The van der Waals surface area contributed by atoms with Gasteiger partial charge < -0.3 is 14.8 Å². The molecule has 0 saturated carbocycles. The van der Waals surface area contributed by atoms with Gasteiger partial charge in [0.25, 0.3) is 0 Å². The standard InChI is InChI=1S/C20H19F2N5O3S/c21-14-6-7-17(16(22)12-14)30-13-18-24-25-20-27(18)26(9-11-31-20)19(28)23-8-10-29-15-4-2-1-3-5-15/h1-7,12H,8-11,13H2,(H,23,28). The number of ether oxygens (including phenoxy) is 2. The summed E-state index contributed by atoms with van der Waals surface area (Å²) in [5, 5.41) is 12.9. The topological polar surface area (TPSA) is 81.5 Å². The van der Waals surface area contributed by atoms with E-state index in [2.05, 4.69) is 15.5 Å². The van der Waals surface area contributed by atoms with Crippen LogP contribution in [0.1, 0.15) is 5.82 Å². The van der Waals surface area contributed by atoms with Gasteiger partial charge in [-0.15, -0.1) is 10.2 Å². The number of rotatable bonds is 7. The zero-order chi connectivity index (χ0) is 21.6. The number of nitrogens with zero attached hydrogens (tertiary/aromatic N) is 4. The van der Waals surface area contributed by atoms with Crippen LogP contribution in [0, 0.1) is 11.6 Å². The average Bonchev–Trinajstić information content (AvgIpc) is 3.20. The number of para-hydroxylation sites is 1. The Morgan fingerprint density at radius 1 is 1.13 bits per heavy atom. The van der Waals surface area contributed by atoms with Gasteiger partial charge in [0.1, 0.15) is 24.8 Å². The number of halogens is 2. The van der Waals surface area contributed by atoms with E-state index in [0.717, 1.165) is 17.9 Å². The lowest BCUT2D eigenvalue weighted by Crippen LogP contribution is -2.51. The maximum absolute atomic E-state index is 13.8. The third-order valence-electron chi connectivity index (χ3n) is 4.33. The van der Waals surface area contributed by atoms with Gasteiger partial charge in [-0.3, -0.25) is 0 Å². The number of urea groups is 1. The molecule has 1 aliphatic rings. The predicted octanol–water partition coefficient (Wildman–Crippen LogP) is 2.97. The minimum atomic E-state index is -0.819. The van der Waals surface area contributed by atoms with Gasteiger partial charge in [-0.05, 0) is 24.3 Å². The minimum absolute atomic E-state index is 0.115. The van der Waals surface area contributed by atoms with Crippen molar-refractivity contribution in [3.63, 3.8) is 0 Å². The van der Waals surface area contributed by atoms with Gasteiger partial charge in [0.15, 0.2) is 17.4 Å². The van der Waals surface area contributed by atoms with Gasteiger partial charge in [0.2, 0.25) is 5.16 Å². The number of thioether (sulfide) groups is 1. The fourth-order valence-corrected chi connectivity index (χ4v) is 3.77. The Morgan fingerprint density at radius 3 is 2.77 bits per heavy atom. The Hall–Kier alpha value is -3.34. The number of hydrogen-bond acceptors (Lipinski definition) is 6. The Balaban J connectivity index is 1.37. The number of aromatic nitrogens is 3. The van der Waals surface area contributed by atoms with E-state index in [1.807, 2.05) is 30.3 Å². The quantitative estimate of drug-likeness (QED) is 0.561. The molecule has 0 radical (unpaired) electrons. The Labute approximate surface area is 181 Å². The average molecular weight is 447 g/mol. The summed E-state index contributed by atoms with van der Waals surface area (Å²) < 4.78 is 39.4. The maximum atomic E-state index is 13.8. The molecule has 4 rings (SSSR count). The number of fused-ring (bicyclic) bond motifs is 1. The summed E-state index contributed by atoms with van der Waals surface area (Å²) in [5.41, 5.74) is 0. The monoisotopic (exact) mass is 447 g/mol. The van der Waals surface area contributed by atoms with Crippen molar-refractivity contribution in [3.05, 3.63) is 66.0 Å². The number of carbonyl (C=O) groups is 1. The van der Waals surface area contributed by atoms with Crippen molar-refractivity contribution in [3.8, 4) is 11.5 Å². The van der Waals surface area contributed by atoms with E-state index >= 15 is 0 Å². The van der Waals surface area contributed by atoms with Crippen LogP contribution in [0.4, 0.5) is 13.6 Å². The summed E-state index contributed by atoms with van der Waals surface area (Å²) in [6, 6.07) is 12.0. The smallest absolute Gasteiger partial charge is 0.336 e. The second-order valence-electron chi connectivity index (χ2n) is 6.44. The lowest BCUT2D eigenvalue weighted by Gasteiger charge is -2.29. The normalized spacial score (nSPS) is 12.9. The summed E-state index contributed by atoms with van der Waals surface area (Å²) in [5.74, 6) is 0.0676. The van der Waals surface area contributed by atoms with Gasteiger partial charge in [0.05, 0.1) is 13.1 Å². The molecule has 0 bridgehead atoms. The molecule has 3 aromatic rings. The SMILES string of the molecule is O=C(NCCOc1ccccc1)N1CCSc2nnc(COc3ccc(F)cc3F)n21. The predicted molar refractivity (Wildman–Crippen MR) is 110 cm³/mol. The van der Waals surface area contributed by atoms with Gasteiger partial charge in [-0.1, -0.05) is 30.0 Å². The summed E-state index contributed by atoms with van der Waals surface area (Å²) in [6.07, 6.45) is 0. The van der Waals surface area contributed by atoms with Crippen molar-refractivity contribution in [2.24, 2.45) is 0 Å². The van der Waals surface area contributed by atoms with Crippen molar-refractivity contribution >= 4 is 17.8 Å². The van der Waals surface area contributed by atoms with Gasteiger partial charge >= 0.3 is 6.03 Å². The molecule has 0 spiro atoms. The van der Waals surface area contributed by atoms with Crippen molar-refractivity contribution in [2.75, 3.05) is 30.5 Å². The highest BCUT2D eigenvalue weighted by atomic mass is 32.2. The van der Waals surface area contributed by atoms with Crippen LogP contribution in [0.5, 0.6) is 11.5 Å². The fraction of sp³-hybridized carbons (Fsp3) is 0.250. The Bertz CT molecular complexity index is 1050. The summed E-state index contributed by atoms with van der Waals surface area (Å²) >= 11 is 1.45. The fourth-order valence-electron chi connectivity index (χ4n) is 2.90. The van der Waals surface area contributed by atoms with E-state index in [1.54, 1.807) is 4.68 Å². The van der Waals surface area contributed by atoms with Crippen LogP contribution < -0.4 is 19.8 Å². The third kappa shape index (κ3) is 5.05. The highest BCUT2D eigenvalue weighted by Gasteiger charge is 2.27. The van der Waals surface area contributed by atoms with Crippen LogP contribution in [0.2, 0.25) is 0 Å². The molecule has 1 N–H and O–H groups in total. The zero-order valence-electron chi connectivity index (χ0n) is 16.3. The van der Waals surface area contributed by atoms with Crippen molar-refractivity contribution in [2.45, 2.75) is 11.8 Å². The van der Waals surface area contributed by atoms with E-state index in [0.29, 0.717) is 36.4 Å². The first-order valence-electron chi connectivity index (χ1n) is 9.50. The lowest BCUT2D eigenvalue weighted by molar-refractivity contribution is 0.232. The summed E-state index contributed by atoms with van der Waals surface area (Å²) in [6.45, 7) is 0.907. The molecule has 0 unspecified atom stereocenters. The summed E-state index contributed by atoms with van der Waals surface area (Å²) in [4.78, 5) is 12.7. The molecule has 2 heterocycles. The van der Waals surface area contributed by atoms with E-state index < -0.39 is 11.6 Å². The van der Waals surface area contributed by atoms with Crippen LogP contribution in [0.15, 0.2) is 53.7 Å². The molecule has 1 aromatic heterocycles. The van der Waals surface area contributed by atoms with Gasteiger partial charge in [-0.2, -0.15) is 0 Å². The number of amides is 2. The van der Waals surface area contributed by atoms with Gasteiger partial charge in [0, 0.05) is 11.8 Å². The first kappa shape index (κ1) is 20.9. The minimum Gasteiger partial charge on any atom is -0.492 e. The van der Waals surface area contributed by atoms with E-state index in [9.17, 15) is 13.6 Å². The highest BCUT2D eigenvalue weighted by Crippen LogP contribution is 2.24. The highest BCUT2D eigenvalue weighted by molar-refractivity contribution is 7.99. The Morgan fingerprint density at radius 2 is 1.97 bits per heavy atom. The molecule has 0 fully saturated rings. The van der Waals surface area contributed by atoms with Crippen molar-refractivity contribution in [1.82, 2.24) is 20.2 Å².